The van der Waals surface area contributed by atoms with Crippen molar-refractivity contribution >= 4 is 23.1 Å². The van der Waals surface area contributed by atoms with Crippen LogP contribution in [0, 0.1) is 13.1 Å². The van der Waals surface area contributed by atoms with Crippen LogP contribution in [-0.2, 0) is 0 Å². The number of aromatic nitrogens is 1. The van der Waals surface area contributed by atoms with E-state index < -0.39 is 0 Å². The van der Waals surface area contributed by atoms with Gasteiger partial charge in [-0.2, -0.15) is 18.2 Å². The molecule has 1 aromatic rings. The Morgan fingerprint density at radius 1 is 1.56 bits per heavy atom. The predicted molar refractivity (Wildman–Crippen MR) is 33.6 cm³/mol. The van der Waals surface area contributed by atoms with Gasteiger partial charge >= 0.3 is 23.1 Å². The molecule has 0 radical (unpaired) electrons. The van der Waals surface area contributed by atoms with E-state index in [1.165, 1.54) is 0 Å². The Morgan fingerprint density at radius 2 is 2.22 bits per heavy atom. The van der Waals surface area contributed by atoms with Crippen LogP contribution in [-0.4, -0.2) is 28.0 Å². The van der Waals surface area contributed by atoms with Crippen LogP contribution < -0.4 is 17.0 Å². The summed E-state index contributed by atoms with van der Waals surface area (Å²) in [4.78, 5) is 3.85. The van der Waals surface area contributed by atoms with Crippen LogP contribution in [0.3, 0.4) is 0 Å². The quantitative estimate of drug-likeness (QED) is 0.339. The second kappa shape index (κ2) is 6.52. The van der Waals surface area contributed by atoms with Crippen molar-refractivity contribution in [2.75, 3.05) is 0 Å². The Morgan fingerprint density at radius 3 is 2.44 bits per heavy atom. The van der Waals surface area contributed by atoms with Crippen LogP contribution in [0.1, 0.15) is 5.69 Å². The summed E-state index contributed by atoms with van der Waals surface area (Å²) in [6, 6.07) is 5.64. The molecule has 3 heteroatoms. The van der Waals surface area contributed by atoms with Crippen molar-refractivity contribution in [1.82, 2.24) is 4.98 Å². The van der Waals surface area contributed by atoms with Crippen LogP contribution in [0.5, 0.6) is 0 Å². The van der Waals surface area contributed by atoms with Gasteiger partial charge < -0.3 is 22.0 Å². The molecule has 1 heterocycles. The molecule has 0 bridgehead atoms. The van der Waals surface area contributed by atoms with Gasteiger partial charge in [-0.1, -0.05) is 18.8 Å². The van der Waals surface area contributed by atoms with Gasteiger partial charge in [0.05, 0.1) is 0 Å². The van der Waals surface area contributed by atoms with Gasteiger partial charge in [0.15, 0.2) is 0 Å². The Labute approximate surface area is 81.8 Å². The number of pyridine rings is 1. The molecule has 0 N–H and O–H groups in total. The first-order valence-corrected chi connectivity index (χ1v) is 2.19. The number of nitrogens with zero attached hydrogens (tertiary/aromatic N) is 1. The summed E-state index contributed by atoms with van der Waals surface area (Å²) in [7, 11) is 0. The minimum atomic E-state index is 0. The van der Waals surface area contributed by atoms with Crippen molar-refractivity contribution in [3.05, 3.63) is 30.1 Å². The Balaban J connectivity index is 0. The molecule has 0 aliphatic heterocycles. The van der Waals surface area contributed by atoms with Crippen LogP contribution in [0.15, 0.2) is 18.2 Å². The summed E-state index contributed by atoms with van der Waals surface area (Å²) in [6.07, 6.45) is 2.71. The molecule has 0 atom stereocenters. The van der Waals surface area contributed by atoms with Crippen LogP contribution >= 0.6 is 0 Å². The molecule has 0 saturated heterocycles. The average Bonchev–Trinajstić information content (AvgIpc) is 1.69. The van der Waals surface area contributed by atoms with E-state index in [-0.39, 0.29) is 40.0 Å². The number of rotatable bonds is 0. The molecule has 1 aromatic heterocycles. The SMILES string of the molecule is Cc1ccc[c-]n1.[Br-].[Mg+2]. The van der Waals surface area contributed by atoms with E-state index in [0.29, 0.717) is 0 Å². The third-order valence-electron chi connectivity index (χ3n) is 0.749. The van der Waals surface area contributed by atoms with Crippen molar-refractivity contribution < 1.29 is 17.0 Å². The maximum atomic E-state index is 3.85. The molecule has 44 valence electrons. The summed E-state index contributed by atoms with van der Waals surface area (Å²) in [6.45, 7) is 1.94. The third kappa shape index (κ3) is 4.87. The molecular weight excluding hydrogens is 190 g/mol. The van der Waals surface area contributed by atoms with Crippen LogP contribution in [0.2, 0.25) is 0 Å². The molecule has 1 rings (SSSR count). The van der Waals surface area contributed by atoms with E-state index >= 15 is 0 Å². The molecule has 9 heavy (non-hydrogen) atoms. The van der Waals surface area contributed by atoms with Gasteiger partial charge in [-0.25, -0.2) is 0 Å². The fourth-order valence-electron chi connectivity index (χ4n) is 0.407. The Hall–Kier alpha value is 0.396. The zero-order chi connectivity index (χ0) is 5.11. The zero-order valence-electron chi connectivity index (χ0n) is 5.26. The van der Waals surface area contributed by atoms with E-state index in [2.05, 4.69) is 11.2 Å². The second-order valence-electron chi connectivity index (χ2n) is 1.41. The summed E-state index contributed by atoms with van der Waals surface area (Å²) < 4.78 is 0. The predicted octanol–water partition coefficient (Wildman–Crippen LogP) is -2.19. The van der Waals surface area contributed by atoms with Gasteiger partial charge in [-0.05, 0) is 0 Å². The maximum Gasteiger partial charge on any atom is 2.00 e. The topological polar surface area (TPSA) is 12.9 Å². The van der Waals surface area contributed by atoms with Gasteiger partial charge in [0.2, 0.25) is 0 Å². The molecule has 0 amide bonds. The molecule has 0 unspecified atom stereocenters. The normalized spacial score (nSPS) is 6.78. The largest absolute Gasteiger partial charge is 2.00 e. The summed E-state index contributed by atoms with van der Waals surface area (Å²) in [5.74, 6) is 0. The van der Waals surface area contributed by atoms with Crippen molar-refractivity contribution in [3.8, 4) is 0 Å². The summed E-state index contributed by atoms with van der Waals surface area (Å²) >= 11 is 0. The zero-order valence-corrected chi connectivity index (χ0v) is 8.26. The smallest absolute Gasteiger partial charge is 1.00 e. The summed E-state index contributed by atoms with van der Waals surface area (Å²) in [5.41, 5.74) is 1.02. The third-order valence-corrected chi connectivity index (χ3v) is 0.749. The molecule has 0 saturated carbocycles. The van der Waals surface area contributed by atoms with Crippen molar-refractivity contribution in [3.63, 3.8) is 0 Å². The fourth-order valence-corrected chi connectivity index (χ4v) is 0.407. The second-order valence-corrected chi connectivity index (χ2v) is 1.41. The van der Waals surface area contributed by atoms with Gasteiger partial charge in [0.1, 0.15) is 0 Å². The average molecular weight is 196 g/mol. The van der Waals surface area contributed by atoms with Gasteiger partial charge in [-0.3, -0.25) is 0 Å². The summed E-state index contributed by atoms with van der Waals surface area (Å²) in [5, 5.41) is 0. The van der Waals surface area contributed by atoms with Gasteiger partial charge in [0.25, 0.3) is 0 Å². The van der Waals surface area contributed by atoms with E-state index in [1.54, 1.807) is 6.07 Å². The number of hydrogen-bond acceptors (Lipinski definition) is 1. The first-order chi connectivity index (χ1) is 3.39. The molecule has 0 aromatic carbocycles. The van der Waals surface area contributed by atoms with E-state index in [4.69, 9.17) is 0 Å². The number of halogens is 1. The van der Waals surface area contributed by atoms with E-state index in [0.717, 1.165) is 5.69 Å². The molecule has 0 spiro atoms. The number of hydrogen-bond donors (Lipinski definition) is 0. The molecular formula is C6H6BrMgN. The molecule has 0 aliphatic rings. The first-order valence-electron chi connectivity index (χ1n) is 2.19. The molecule has 0 fully saturated rings. The Kier molecular flexibility index (Phi) is 8.77. The standard InChI is InChI=1S/C6H6N.BrH.Mg/c1-6-4-2-3-5-7-6;;/h2-4H,1H3;1H;/q-1;;+2/p-1. The van der Waals surface area contributed by atoms with Crippen LogP contribution in [0.4, 0.5) is 0 Å². The van der Waals surface area contributed by atoms with Crippen molar-refractivity contribution in [1.29, 1.82) is 0 Å². The van der Waals surface area contributed by atoms with E-state index in [1.807, 2.05) is 19.1 Å². The maximum absolute atomic E-state index is 3.85. The van der Waals surface area contributed by atoms with Crippen LogP contribution in [0.25, 0.3) is 0 Å². The van der Waals surface area contributed by atoms with Gasteiger partial charge in [-0.15, -0.1) is 0 Å². The van der Waals surface area contributed by atoms with Crippen molar-refractivity contribution in [2.24, 2.45) is 0 Å². The Bertz CT molecular complexity index is 143. The number of aryl methyl sites for hydroxylation is 1. The fraction of sp³-hybridized carbons (Fsp3) is 0.167. The first kappa shape index (κ1) is 12.1. The van der Waals surface area contributed by atoms with E-state index in [9.17, 15) is 0 Å². The van der Waals surface area contributed by atoms with Gasteiger partial charge in [0, 0.05) is 0 Å². The minimum Gasteiger partial charge on any atom is -1.00 e. The van der Waals surface area contributed by atoms with Crippen molar-refractivity contribution in [2.45, 2.75) is 6.92 Å². The molecule has 0 aliphatic carbocycles. The minimum absolute atomic E-state index is 0. The molecule has 1 nitrogen and oxygen atoms in total. The monoisotopic (exact) mass is 195 g/mol.